The van der Waals surface area contributed by atoms with Gasteiger partial charge in [-0.25, -0.2) is 14.2 Å². The molecule has 5 nitrogen and oxygen atoms in total. The summed E-state index contributed by atoms with van der Waals surface area (Å²) in [6.07, 6.45) is -3.45. The Kier molecular flexibility index (Phi) is 7.76. The number of nitrogens with zero attached hydrogens (tertiary/aromatic N) is 2. The normalized spacial score (nSPS) is 18.6. The molecule has 0 spiro atoms. The van der Waals surface area contributed by atoms with Gasteiger partial charge in [-0.2, -0.15) is 13.2 Å². The van der Waals surface area contributed by atoms with Gasteiger partial charge in [0.1, 0.15) is 11.6 Å². The Morgan fingerprint density at radius 2 is 1.85 bits per heavy atom. The van der Waals surface area contributed by atoms with E-state index in [1.165, 1.54) is 17.7 Å². The van der Waals surface area contributed by atoms with Gasteiger partial charge in [0, 0.05) is 31.2 Å². The summed E-state index contributed by atoms with van der Waals surface area (Å²) in [6.45, 7) is 3.46. The number of piperidine rings is 1. The first-order valence-corrected chi connectivity index (χ1v) is 13.1. The van der Waals surface area contributed by atoms with Crippen molar-refractivity contribution in [2.75, 3.05) is 24.5 Å². The molecule has 9 heteroatoms. The van der Waals surface area contributed by atoms with Crippen LogP contribution in [0.5, 0.6) is 0 Å². The highest BCUT2D eigenvalue weighted by Crippen LogP contribution is 2.38. The maximum atomic E-state index is 14.2. The summed E-state index contributed by atoms with van der Waals surface area (Å²) in [4.78, 5) is 17.2. The van der Waals surface area contributed by atoms with E-state index in [9.17, 15) is 27.5 Å². The third-order valence-corrected chi connectivity index (χ3v) is 7.76. The van der Waals surface area contributed by atoms with Crippen molar-refractivity contribution in [1.29, 1.82) is 0 Å². The molecule has 1 saturated heterocycles. The number of aromatic carboxylic acids is 1. The van der Waals surface area contributed by atoms with Gasteiger partial charge in [-0.3, -0.25) is 0 Å². The molecule has 1 aromatic heterocycles. The number of hydrogen-bond acceptors (Lipinski definition) is 4. The average molecular weight is 552 g/mol. The number of carboxylic acids is 1. The Bertz CT molecular complexity index is 1520. The fourth-order valence-electron chi connectivity index (χ4n) is 5.66. The van der Waals surface area contributed by atoms with E-state index in [-0.39, 0.29) is 29.5 Å². The number of anilines is 1. The van der Waals surface area contributed by atoms with Crippen LogP contribution >= 0.6 is 0 Å². The lowest BCUT2D eigenvalue weighted by atomic mass is 9.80. The molecule has 5 rings (SSSR count). The van der Waals surface area contributed by atoms with Crippen molar-refractivity contribution < 1.29 is 27.5 Å². The number of rotatable bonds is 7. The van der Waals surface area contributed by atoms with Crippen LogP contribution < -0.4 is 10.2 Å². The minimum atomic E-state index is -4.84. The number of hydrogen-bond donors (Lipinski definition) is 2. The zero-order valence-corrected chi connectivity index (χ0v) is 21.8. The van der Waals surface area contributed by atoms with Crippen LogP contribution in [-0.4, -0.2) is 35.7 Å². The molecule has 4 aromatic rings. The Hall–Kier alpha value is -3.98. The maximum absolute atomic E-state index is 14.2. The summed E-state index contributed by atoms with van der Waals surface area (Å²) in [5.74, 6) is -2.13. The average Bonchev–Trinajstić information content (AvgIpc) is 2.94. The van der Waals surface area contributed by atoms with Crippen molar-refractivity contribution in [3.63, 3.8) is 0 Å². The highest BCUT2D eigenvalue weighted by Gasteiger charge is 2.38. The highest BCUT2D eigenvalue weighted by molar-refractivity contribution is 5.89. The summed E-state index contributed by atoms with van der Waals surface area (Å²) in [7, 11) is 0. The van der Waals surface area contributed by atoms with Crippen LogP contribution in [0.25, 0.3) is 10.8 Å². The summed E-state index contributed by atoms with van der Waals surface area (Å²) < 4.78 is 55.2. The second-order valence-electron chi connectivity index (χ2n) is 10.2. The molecule has 2 N–H and O–H groups in total. The van der Waals surface area contributed by atoms with Gasteiger partial charge in [-0.15, -0.1) is 0 Å². The lowest BCUT2D eigenvalue weighted by Gasteiger charge is -2.40. The van der Waals surface area contributed by atoms with E-state index in [1.54, 1.807) is 11.0 Å². The van der Waals surface area contributed by atoms with Crippen molar-refractivity contribution in [2.24, 2.45) is 5.92 Å². The van der Waals surface area contributed by atoms with Crippen molar-refractivity contribution in [2.45, 2.75) is 31.5 Å². The lowest BCUT2D eigenvalue weighted by Crippen LogP contribution is -2.43. The number of fused-ring (bicyclic) bond motifs is 1. The van der Waals surface area contributed by atoms with Crippen LogP contribution in [0.2, 0.25) is 0 Å². The third kappa shape index (κ3) is 5.79. The minimum absolute atomic E-state index is 0.0388. The molecule has 3 atom stereocenters. The van der Waals surface area contributed by atoms with Gasteiger partial charge in [-0.1, -0.05) is 54.6 Å². The Balaban J connectivity index is 1.40. The van der Waals surface area contributed by atoms with E-state index in [0.717, 1.165) is 28.6 Å². The second-order valence-corrected chi connectivity index (χ2v) is 10.2. The fraction of sp³-hybridized carbons (Fsp3) is 0.290. The van der Waals surface area contributed by atoms with Gasteiger partial charge in [-0.05, 0) is 65.9 Å². The van der Waals surface area contributed by atoms with E-state index >= 15 is 0 Å². The molecule has 0 aliphatic carbocycles. The highest BCUT2D eigenvalue weighted by atomic mass is 19.4. The van der Waals surface area contributed by atoms with Crippen molar-refractivity contribution >= 4 is 22.6 Å². The number of carboxylic acid groups (broad SMARTS) is 1. The quantitative estimate of drug-likeness (QED) is 0.241. The fourth-order valence-corrected chi connectivity index (χ4v) is 5.66. The summed E-state index contributed by atoms with van der Waals surface area (Å²) in [5, 5.41) is 15.2. The number of halogens is 4. The Labute approximate surface area is 229 Å². The third-order valence-electron chi connectivity index (χ3n) is 7.76. The lowest BCUT2D eigenvalue weighted by molar-refractivity contribution is -0.138. The first-order chi connectivity index (χ1) is 19.1. The SMILES string of the molecule is C[C@@H](NCC1CCN(c2cc(C(F)(F)F)c(C(=O)O)cn2)CC1c1cccc(F)c1)c1cccc2ccccc12. The van der Waals surface area contributed by atoms with E-state index in [4.69, 9.17) is 0 Å². The van der Waals surface area contributed by atoms with Crippen LogP contribution in [0, 0.1) is 11.7 Å². The van der Waals surface area contributed by atoms with Gasteiger partial charge >= 0.3 is 12.1 Å². The van der Waals surface area contributed by atoms with Crippen LogP contribution in [-0.2, 0) is 6.18 Å². The first-order valence-electron chi connectivity index (χ1n) is 13.1. The van der Waals surface area contributed by atoms with Gasteiger partial charge in [0.15, 0.2) is 0 Å². The van der Waals surface area contributed by atoms with Crippen LogP contribution in [0.1, 0.15) is 52.4 Å². The first kappa shape index (κ1) is 27.6. The Morgan fingerprint density at radius 1 is 1.10 bits per heavy atom. The largest absolute Gasteiger partial charge is 0.478 e. The predicted molar refractivity (Wildman–Crippen MR) is 146 cm³/mol. The van der Waals surface area contributed by atoms with E-state index in [1.807, 2.05) is 24.3 Å². The number of nitrogens with one attached hydrogen (secondary N) is 1. The van der Waals surface area contributed by atoms with Gasteiger partial charge in [0.05, 0.1) is 11.1 Å². The summed E-state index contributed by atoms with van der Waals surface area (Å²) in [5.41, 5.74) is -0.202. The van der Waals surface area contributed by atoms with Crippen molar-refractivity contribution in [3.8, 4) is 0 Å². The molecule has 3 aromatic carbocycles. The molecule has 0 bridgehead atoms. The zero-order valence-electron chi connectivity index (χ0n) is 21.8. The molecule has 1 fully saturated rings. The van der Waals surface area contributed by atoms with E-state index < -0.39 is 23.3 Å². The molecule has 2 heterocycles. The van der Waals surface area contributed by atoms with Crippen LogP contribution in [0.4, 0.5) is 23.4 Å². The number of carbonyl (C=O) groups is 1. The van der Waals surface area contributed by atoms with E-state index in [0.29, 0.717) is 26.1 Å². The molecule has 40 heavy (non-hydrogen) atoms. The molecule has 1 aliphatic rings. The van der Waals surface area contributed by atoms with Crippen LogP contribution in [0.15, 0.2) is 79.0 Å². The monoisotopic (exact) mass is 551 g/mol. The van der Waals surface area contributed by atoms with Crippen molar-refractivity contribution in [3.05, 3.63) is 107 Å². The van der Waals surface area contributed by atoms with Gasteiger partial charge < -0.3 is 15.3 Å². The number of pyridine rings is 1. The number of alkyl halides is 3. The molecule has 208 valence electrons. The zero-order chi connectivity index (χ0) is 28.4. The molecule has 2 unspecified atom stereocenters. The number of benzene rings is 3. The molecule has 0 saturated carbocycles. The summed E-state index contributed by atoms with van der Waals surface area (Å²) >= 11 is 0. The molecule has 0 radical (unpaired) electrons. The number of aromatic nitrogens is 1. The van der Waals surface area contributed by atoms with Gasteiger partial charge in [0.2, 0.25) is 0 Å². The second kappa shape index (κ2) is 11.3. The molecular formula is C31H29F4N3O2. The van der Waals surface area contributed by atoms with Gasteiger partial charge in [0.25, 0.3) is 0 Å². The molecule has 1 aliphatic heterocycles. The molecule has 0 amide bonds. The maximum Gasteiger partial charge on any atom is 0.417 e. The standard InChI is InChI=1S/C31H29F4N3O2/c1-19(24-11-5-7-20-6-2-3-10-25(20)24)36-16-22-12-13-38(18-27(22)21-8-4-9-23(32)14-21)29-15-28(31(33,34)35)26(17-37-29)30(39)40/h2-11,14-15,17,19,22,27,36H,12-13,16,18H2,1H3,(H,39,40)/t19-,22?,27?/m1/s1. The summed E-state index contributed by atoms with van der Waals surface area (Å²) in [6, 6.07) is 21.5. The Morgan fingerprint density at radius 3 is 2.60 bits per heavy atom. The van der Waals surface area contributed by atoms with E-state index in [2.05, 4.69) is 41.5 Å². The van der Waals surface area contributed by atoms with Crippen molar-refractivity contribution in [1.82, 2.24) is 10.3 Å². The smallest absolute Gasteiger partial charge is 0.417 e. The van der Waals surface area contributed by atoms with Crippen LogP contribution in [0.3, 0.4) is 0 Å². The topological polar surface area (TPSA) is 65.5 Å². The predicted octanol–water partition coefficient (Wildman–Crippen LogP) is 7.05. The molecular weight excluding hydrogens is 522 g/mol. The minimum Gasteiger partial charge on any atom is -0.478 e.